The number of rotatable bonds is 1. The van der Waals surface area contributed by atoms with Crippen LogP contribution in [0.25, 0.3) is 22.2 Å². The molecule has 1 amide bonds. The summed E-state index contributed by atoms with van der Waals surface area (Å²) in [5, 5.41) is 0.809. The van der Waals surface area contributed by atoms with Crippen LogP contribution in [0.15, 0.2) is 48.5 Å². The first-order valence-electron chi connectivity index (χ1n) is 7.89. The molecule has 2 aromatic carbocycles. The summed E-state index contributed by atoms with van der Waals surface area (Å²) >= 11 is 3.84. The van der Waals surface area contributed by atoms with Crippen molar-refractivity contribution in [3.05, 3.63) is 65.2 Å². The lowest BCUT2D eigenvalue weighted by Gasteiger charge is -2.39. The number of nitrogens with zero attached hydrogens (tertiary/aromatic N) is 1. The van der Waals surface area contributed by atoms with Gasteiger partial charge < -0.3 is 5.73 Å². The summed E-state index contributed by atoms with van der Waals surface area (Å²) in [4.78, 5) is 17.2. The highest BCUT2D eigenvalue weighted by molar-refractivity contribution is 9.09. The fourth-order valence-corrected chi connectivity index (χ4v) is 4.39. The standard InChI is InChI=1S/C20H17BrN2O/c1-20(2)13-9-5-3-7-11(13)17-16(18(20)21)15(19(22)24)12-8-4-6-10-14(12)23-17/h3-10,18H,1-2H3,(H2,22,24). The SMILES string of the molecule is CC1(C)c2ccccc2-c2nc3ccccc3c(C(N)=O)c2C1Br. The first-order valence-corrected chi connectivity index (χ1v) is 8.81. The summed E-state index contributed by atoms with van der Waals surface area (Å²) in [6.45, 7) is 4.35. The Morgan fingerprint density at radius 3 is 2.54 bits per heavy atom. The summed E-state index contributed by atoms with van der Waals surface area (Å²) in [6.07, 6.45) is 0. The Hall–Kier alpha value is -2.20. The molecule has 24 heavy (non-hydrogen) atoms. The molecule has 3 aromatic rings. The minimum Gasteiger partial charge on any atom is -0.366 e. The fraction of sp³-hybridized carbons (Fsp3) is 0.200. The number of benzene rings is 2. The van der Waals surface area contributed by atoms with Crippen LogP contribution in [0.5, 0.6) is 0 Å². The number of pyridine rings is 1. The summed E-state index contributed by atoms with van der Waals surface area (Å²) in [5.41, 5.74) is 11.0. The van der Waals surface area contributed by atoms with Crippen LogP contribution >= 0.6 is 15.9 Å². The molecule has 120 valence electrons. The van der Waals surface area contributed by atoms with E-state index in [1.54, 1.807) is 0 Å². The lowest BCUT2D eigenvalue weighted by atomic mass is 9.70. The number of hydrogen-bond donors (Lipinski definition) is 1. The van der Waals surface area contributed by atoms with E-state index in [1.165, 1.54) is 5.56 Å². The second-order valence-electron chi connectivity index (χ2n) is 6.76. The number of alkyl halides is 1. The molecule has 4 rings (SSSR count). The summed E-state index contributed by atoms with van der Waals surface area (Å²) in [6, 6.07) is 15.9. The van der Waals surface area contributed by atoms with Gasteiger partial charge >= 0.3 is 0 Å². The molecule has 0 bridgehead atoms. The molecule has 1 aliphatic carbocycles. The monoisotopic (exact) mass is 380 g/mol. The third-order valence-electron chi connectivity index (χ3n) is 4.94. The summed E-state index contributed by atoms with van der Waals surface area (Å²) < 4.78 is 0. The van der Waals surface area contributed by atoms with Crippen LogP contribution in [0, 0.1) is 0 Å². The molecular weight excluding hydrogens is 364 g/mol. The zero-order chi connectivity index (χ0) is 17.1. The number of carbonyl (C=O) groups is 1. The Bertz CT molecular complexity index is 994. The van der Waals surface area contributed by atoms with Gasteiger partial charge in [-0.25, -0.2) is 4.98 Å². The first kappa shape index (κ1) is 15.3. The van der Waals surface area contributed by atoms with Crippen molar-refractivity contribution in [1.82, 2.24) is 4.98 Å². The smallest absolute Gasteiger partial charge is 0.249 e. The van der Waals surface area contributed by atoms with Gasteiger partial charge in [-0.3, -0.25) is 4.79 Å². The number of primary amides is 1. The second-order valence-corrected chi connectivity index (χ2v) is 7.68. The molecule has 1 aromatic heterocycles. The van der Waals surface area contributed by atoms with Crippen molar-refractivity contribution in [2.75, 3.05) is 0 Å². The van der Waals surface area contributed by atoms with E-state index >= 15 is 0 Å². The van der Waals surface area contributed by atoms with E-state index in [4.69, 9.17) is 10.7 Å². The Morgan fingerprint density at radius 2 is 1.79 bits per heavy atom. The maximum absolute atomic E-state index is 12.3. The molecule has 0 saturated heterocycles. The maximum atomic E-state index is 12.3. The molecule has 1 aliphatic rings. The number of nitrogens with two attached hydrogens (primary N) is 1. The van der Waals surface area contributed by atoms with Crippen LogP contribution in [0.4, 0.5) is 0 Å². The van der Waals surface area contributed by atoms with Gasteiger partial charge in [0.25, 0.3) is 0 Å². The van der Waals surface area contributed by atoms with Gasteiger partial charge in [-0.2, -0.15) is 0 Å². The number of halogens is 1. The topological polar surface area (TPSA) is 56.0 Å². The van der Waals surface area contributed by atoms with Gasteiger partial charge in [0.2, 0.25) is 5.91 Å². The largest absolute Gasteiger partial charge is 0.366 e. The molecule has 0 radical (unpaired) electrons. The van der Waals surface area contributed by atoms with E-state index in [0.29, 0.717) is 5.56 Å². The van der Waals surface area contributed by atoms with Gasteiger partial charge in [0.05, 0.1) is 21.6 Å². The van der Waals surface area contributed by atoms with Gasteiger partial charge in [0, 0.05) is 21.9 Å². The van der Waals surface area contributed by atoms with Crippen molar-refractivity contribution in [2.24, 2.45) is 5.73 Å². The minimum absolute atomic E-state index is 0.0468. The maximum Gasteiger partial charge on any atom is 0.249 e. The van der Waals surface area contributed by atoms with Crippen LogP contribution in [-0.4, -0.2) is 10.9 Å². The predicted molar refractivity (Wildman–Crippen MR) is 100 cm³/mol. The number of carbonyl (C=O) groups excluding carboxylic acids is 1. The molecule has 0 saturated carbocycles. The number of para-hydroxylation sites is 1. The van der Waals surface area contributed by atoms with Crippen molar-refractivity contribution in [1.29, 1.82) is 0 Å². The summed E-state index contributed by atoms with van der Waals surface area (Å²) in [5.74, 6) is -0.413. The Labute approximate surface area is 149 Å². The van der Waals surface area contributed by atoms with E-state index in [9.17, 15) is 4.79 Å². The van der Waals surface area contributed by atoms with Gasteiger partial charge in [-0.1, -0.05) is 72.2 Å². The van der Waals surface area contributed by atoms with Crippen LogP contribution in [0.2, 0.25) is 0 Å². The zero-order valence-corrected chi connectivity index (χ0v) is 15.1. The zero-order valence-electron chi connectivity index (χ0n) is 13.5. The third kappa shape index (κ3) is 1.96. The second kappa shape index (κ2) is 5.15. The van der Waals surface area contributed by atoms with Crippen molar-refractivity contribution in [2.45, 2.75) is 24.1 Å². The average Bonchev–Trinajstić information content (AvgIpc) is 2.58. The Kier molecular flexibility index (Phi) is 3.29. The van der Waals surface area contributed by atoms with Crippen LogP contribution in [-0.2, 0) is 5.41 Å². The number of amides is 1. The van der Waals surface area contributed by atoms with E-state index in [2.05, 4.69) is 41.9 Å². The highest BCUT2D eigenvalue weighted by atomic mass is 79.9. The normalized spacial score (nSPS) is 18.0. The fourth-order valence-electron chi connectivity index (χ4n) is 3.69. The van der Waals surface area contributed by atoms with Crippen LogP contribution in [0.3, 0.4) is 0 Å². The van der Waals surface area contributed by atoms with E-state index in [1.807, 2.05) is 36.4 Å². The lowest BCUT2D eigenvalue weighted by molar-refractivity contribution is 0.100. The van der Waals surface area contributed by atoms with Crippen molar-refractivity contribution >= 4 is 32.7 Å². The van der Waals surface area contributed by atoms with Gasteiger partial charge in [0.15, 0.2) is 0 Å². The third-order valence-corrected chi connectivity index (χ3v) is 6.54. The minimum atomic E-state index is -0.413. The van der Waals surface area contributed by atoms with E-state index in [-0.39, 0.29) is 10.2 Å². The molecule has 0 spiro atoms. The average molecular weight is 381 g/mol. The molecule has 1 heterocycles. The Morgan fingerprint density at radius 1 is 1.12 bits per heavy atom. The van der Waals surface area contributed by atoms with E-state index < -0.39 is 5.91 Å². The Balaban J connectivity index is 2.22. The highest BCUT2D eigenvalue weighted by Gasteiger charge is 2.41. The molecule has 1 unspecified atom stereocenters. The van der Waals surface area contributed by atoms with Crippen LogP contribution in [0.1, 0.15) is 40.2 Å². The predicted octanol–water partition coefficient (Wildman–Crippen LogP) is 4.73. The van der Waals surface area contributed by atoms with Gasteiger partial charge in [0.1, 0.15) is 0 Å². The molecular formula is C20H17BrN2O. The number of fused-ring (bicyclic) bond motifs is 4. The van der Waals surface area contributed by atoms with Gasteiger partial charge in [-0.05, 0) is 11.6 Å². The van der Waals surface area contributed by atoms with Crippen molar-refractivity contribution in [3.63, 3.8) is 0 Å². The molecule has 4 heteroatoms. The molecule has 3 nitrogen and oxygen atoms in total. The summed E-state index contributed by atoms with van der Waals surface area (Å²) in [7, 11) is 0. The lowest BCUT2D eigenvalue weighted by Crippen LogP contribution is -2.31. The molecule has 0 aliphatic heterocycles. The number of aromatic nitrogens is 1. The first-order chi connectivity index (χ1) is 11.4. The van der Waals surface area contributed by atoms with Gasteiger partial charge in [-0.15, -0.1) is 0 Å². The quantitative estimate of drug-likeness (QED) is 0.620. The molecule has 0 fully saturated rings. The van der Waals surface area contributed by atoms with E-state index in [0.717, 1.165) is 27.7 Å². The molecule has 1 atom stereocenters. The van der Waals surface area contributed by atoms with Crippen molar-refractivity contribution in [3.8, 4) is 11.3 Å². The highest BCUT2D eigenvalue weighted by Crippen LogP contribution is 2.54. The van der Waals surface area contributed by atoms with Crippen LogP contribution < -0.4 is 5.73 Å². The van der Waals surface area contributed by atoms with Crippen molar-refractivity contribution < 1.29 is 4.79 Å². The molecule has 2 N–H and O–H groups in total. The number of hydrogen-bond acceptors (Lipinski definition) is 2.